The molecule has 19 heavy (non-hydrogen) atoms. The maximum absolute atomic E-state index is 5.96. The normalized spacial score (nSPS) is 23.8. The van der Waals surface area contributed by atoms with E-state index in [1.165, 1.54) is 10.5 Å². The van der Waals surface area contributed by atoms with Crippen molar-refractivity contribution in [3.63, 3.8) is 0 Å². The molecule has 0 amide bonds. The van der Waals surface area contributed by atoms with Gasteiger partial charge in [-0.05, 0) is 24.5 Å². The van der Waals surface area contributed by atoms with Gasteiger partial charge in [0.25, 0.3) is 6.29 Å². The molecule has 4 rings (SSSR count). The van der Waals surface area contributed by atoms with Crippen molar-refractivity contribution in [1.29, 1.82) is 0 Å². The number of furan rings is 1. The van der Waals surface area contributed by atoms with E-state index in [4.69, 9.17) is 13.9 Å². The van der Waals surface area contributed by atoms with Gasteiger partial charge in [-0.25, -0.2) is 0 Å². The number of ether oxygens (including phenoxy) is 2. The van der Waals surface area contributed by atoms with Crippen LogP contribution in [0.15, 0.2) is 52.0 Å². The fourth-order valence-electron chi connectivity index (χ4n) is 2.66. The summed E-state index contributed by atoms with van der Waals surface area (Å²) >= 11 is 1.69. The van der Waals surface area contributed by atoms with E-state index < -0.39 is 0 Å². The highest BCUT2D eigenvalue weighted by Gasteiger charge is 2.46. The van der Waals surface area contributed by atoms with Gasteiger partial charge in [0, 0.05) is 10.5 Å². The predicted octanol–water partition coefficient (Wildman–Crippen LogP) is 3.84. The SMILES string of the molecule is CSC1=C(c2ccco2)OC2Oc3ccccc3C12. The van der Waals surface area contributed by atoms with Crippen LogP contribution in [0.25, 0.3) is 5.76 Å². The van der Waals surface area contributed by atoms with Crippen LogP contribution in [-0.2, 0) is 4.74 Å². The minimum absolute atomic E-state index is 0.159. The summed E-state index contributed by atoms with van der Waals surface area (Å²) in [5, 5.41) is 0. The highest BCUT2D eigenvalue weighted by atomic mass is 32.2. The molecule has 1 aromatic carbocycles. The van der Waals surface area contributed by atoms with Gasteiger partial charge in [-0.2, -0.15) is 0 Å². The third kappa shape index (κ3) is 1.53. The number of thioether (sulfide) groups is 1. The summed E-state index contributed by atoms with van der Waals surface area (Å²) in [5.74, 6) is 2.65. The van der Waals surface area contributed by atoms with E-state index >= 15 is 0 Å². The van der Waals surface area contributed by atoms with Crippen molar-refractivity contribution in [1.82, 2.24) is 0 Å². The van der Waals surface area contributed by atoms with Crippen LogP contribution in [0.5, 0.6) is 5.75 Å². The lowest BCUT2D eigenvalue weighted by molar-refractivity contribution is 0.00494. The lowest BCUT2D eigenvalue weighted by atomic mass is 10.00. The standard InChI is InChI=1S/C15H12O3S/c1-19-14-12-9-5-2-3-6-10(9)17-15(12)18-13(14)11-7-4-8-16-11/h2-8,12,15H,1H3. The van der Waals surface area contributed by atoms with Crippen LogP contribution in [0, 0.1) is 0 Å². The van der Waals surface area contributed by atoms with Crippen LogP contribution in [0.2, 0.25) is 0 Å². The van der Waals surface area contributed by atoms with Crippen LogP contribution in [-0.4, -0.2) is 12.5 Å². The molecule has 0 aliphatic carbocycles. The van der Waals surface area contributed by atoms with E-state index in [9.17, 15) is 0 Å². The highest BCUT2D eigenvalue weighted by molar-refractivity contribution is 8.02. The molecule has 96 valence electrons. The number of rotatable bonds is 2. The molecule has 0 spiro atoms. The summed E-state index contributed by atoms with van der Waals surface area (Å²) in [6, 6.07) is 11.9. The third-order valence-electron chi connectivity index (χ3n) is 3.47. The zero-order valence-electron chi connectivity index (χ0n) is 10.3. The first-order valence-corrected chi connectivity index (χ1v) is 7.35. The van der Waals surface area contributed by atoms with Crippen LogP contribution in [0.1, 0.15) is 17.2 Å². The van der Waals surface area contributed by atoms with Gasteiger partial charge in [-0.15, -0.1) is 11.8 Å². The minimum atomic E-state index is -0.264. The number of benzene rings is 1. The molecule has 1 aromatic heterocycles. The maximum atomic E-state index is 5.96. The van der Waals surface area contributed by atoms with E-state index in [1.54, 1.807) is 18.0 Å². The lowest BCUT2D eigenvalue weighted by Gasteiger charge is -2.10. The Morgan fingerprint density at radius 3 is 2.74 bits per heavy atom. The zero-order valence-corrected chi connectivity index (χ0v) is 11.1. The molecule has 2 aliphatic heterocycles. The Bertz CT molecular complexity index is 645. The van der Waals surface area contributed by atoms with E-state index in [-0.39, 0.29) is 12.2 Å². The smallest absolute Gasteiger partial charge is 0.252 e. The molecule has 0 bridgehead atoms. The molecule has 3 heterocycles. The van der Waals surface area contributed by atoms with Crippen molar-refractivity contribution in [2.24, 2.45) is 0 Å². The number of para-hydroxylation sites is 1. The highest BCUT2D eigenvalue weighted by Crippen LogP contribution is 2.53. The third-order valence-corrected chi connectivity index (χ3v) is 4.35. The average Bonchev–Trinajstić information content (AvgIpc) is 3.12. The van der Waals surface area contributed by atoms with Gasteiger partial charge < -0.3 is 13.9 Å². The molecule has 2 atom stereocenters. The zero-order chi connectivity index (χ0) is 12.8. The second kappa shape index (κ2) is 4.10. The first-order chi connectivity index (χ1) is 9.38. The number of hydrogen-bond acceptors (Lipinski definition) is 4. The lowest BCUT2D eigenvalue weighted by Crippen LogP contribution is -2.15. The average molecular weight is 272 g/mol. The van der Waals surface area contributed by atoms with Crippen LogP contribution in [0.4, 0.5) is 0 Å². The first-order valence-electron chi connectivity index (χ1n) is 6.13. The van der Waals surface area contributed by atoms with Gasteiger partial charge in [0.2, 0.25) is 0 Å². The fraction of sp³-hybridized carbons (Fsp3) is 0.200. The van der Waals surface area contributed by atoms with Crippen molar-refractivity contribution in [2.45, 2.75) is 12.2 Å². The van der Waals surface area contributed by atoms with Crippen LogP contribution < -0.4 is 4.74 Å². The molecule has 0 fully saturated rings. The molecule has 0 radical (unpaired) electrons. The minimum Gasteiger partial charge on any atom is -0.461 e. The van der Waals surface area contributed by atoms with Crippen molar-refractivity contribution < 1.29 is 13.9 Å². The Morgan fingerprint density at radius 1 is 1.05 bits per heavy atom. The van der Waals surface area contributed by atoms with Gasteiger partial charge >= 0.3 is 0 Å². The van der Waals surface area contributed by atoms with E-state index in [1.807, 2.05) is 30.3 Å². The topological polar surface area (TPSA) is 31.6 Å². The maximum Gasteiger partial charge on any atom is 0.252 e. The fourth-order valence-corrected chi connectivity index (χ4v) is 3.49. The Kier molecular flexibility index (Phi) is 2.38. The quantitative estimate of drug-likeness (QED) is 0.831. The van der Waals surface area contributed by atoms with Crippen molar-refractivity contribution in [3.05, 3.63) is 58.9 Å². The molecule has 2 aromatic rings. The predicted molar refractivity (Wildman–Crippen MR) is 73.8 cm³/mol. The molecule has 0 saturated heterocycles. The molecule has 2 unspecified atom stereocenters. The summed E-state index contributed by atoms with van der Waals surface area (Å²) in [4.78, 5) is 1.17. The van der Waals surface area contributed by atoms with E-state index in [0.717, 1.165) is 17.3 Å². The van der Waals surface area contributed by atoms with Gasteiger partial charge in [0.15, 0.2) is 11.5 Å². The molecule has 0 saturated carbocycles. The number of fused-ring (bicyclic) bond motifs is 3. The molecular formula is C15H12O3S. The second-order valence-electron chi connectivity index (χ2n) is 4.49. The molecule has 3 nitrogen and oxygen atoms in total. The Labute approximate surface area is 115 Å². The Balaban J connectivity index is 1.84. The largest absolute Gasteiger partial charge is 0.461 e. The Hall–Kier alpha value is -1.81. The monoisotopic (exact) mass is 272 g/mol. The molecule has 4 heteroatoms. The summed E-state index contributed by atoms with van der Waals surface area (Å²) in [6.45, 7) is 0. The Morgan fingerprint density at radius 2 is 1.95 bits per heavy atom. The van der Waals surface area contributed by atoms with Gasteiger partial charge in [0.1, 0.15) is 5.75 Å². The second-order valence-corrected chi connectivity index (χ2v) is 5.34. The van der Waals surface area contributed by atoms with Crippen molar-refractivity contribution in [2.75, 3.05) is 6.26 Å². The first kappa shape index (κ1) is 11.1. The van der Waals surface area contributed by atoms with Crippen LogP contribution >= 0.6 is 11.8 Å². The van der Waals surface area contributed by atoms with Gasteiger partial charge in [-0.3, -0.25) is 0 Å². The van der Waals surface area contributed by atoms with Gasteiger partial charge in [0.05, 0.1) is 12.2 Å². The van der Waals surface area contributed by atoms with Gasteiger partial charge in [-0.1, -0.05) is 18.2 Å². The summed E-state index contributed by atoms with van der Waals surface area (Å²) in [5.41, 5.74) is 1.19. The van der Waals surface area contributed by atoms with Crippen molar-refractivity contribution >= 4 is 17.5 Å². The van der Waals surface area contributed by atoms with E-state index in [2.05, 4.69) is 12.3 Å². The van der Waals surface area contributed by atoms with E-state index in [0.29, 0.717) is 0 Å². The van der Waals surface area contributed by atoms with Crippen molar-refractivity contribution in [3.8, 4) is 5.75 Å². The molecule has 0 N–H and O–H groups in total. The summed E-state index contributed by atoms with van der Waals surface area (Å²) in [7, 11) is 0. The summed E-state index contributed by atoms with van der Waals surface area (Å²) in [6.07, 6.45) is 3.46. The van der Waals surface area contributed by atoms with Crippen LogP contribution in [0.3, 0.4) is 0 Å². The number of hydrogen-bond donors (Lipinski definition) is 0. The molecular weight excluding hydrogens is 260 g/mol. The molecule has 2 aliphatic rings. The summed E-state index contributed by atoms with van der Waals surface area (Å²) < 4.78 is 17.3.